The number of phenols is 1. The summed E-state index contributed by atoms with van der Waals surface area (Å²) in [6, 6.07) is 4.74. The molecule has 14 heteroatoms. The first kappa shape index (κ1) is 35.7. The molecule has 2 heterocycles. The topological polar surface area (TPSA) is 87.1 Å². The first-order valence-electron chi connectivity index (χ1n) is 15.9. The molecule has 6 nitrogen and oxygen atoms in total. The van der Waals surface area contributed by atoms with Gasteiger partial charge in [0.05, 0.1) is 34.8 Å². The molecule has 48 heavy (non-hydrogen) atoms. The van der Waals surface area contributed by atoms with E-state index in [1.54, 1.807) is 6.07 Å². The third kappa shape index (κ3) is 7.19. The number of fused-ring (bicyclic) bond motifs is 3. The predicted molar refractivity (Wildman–Crippen MR) is 164 cm³/mol. The minimum absolute atomic E-state index is 0.0561. The highest BCUT2D eigenvalue weighted by Gasteiger charge is 2.58. The van der Waals surface area contributed by atoms with Crippen LogP contribution in [0.25, 0.3) is 6.08 Å². The minimum atomic E-state index is -5.17. The fourth-order valence-corrected chi connectivity index (χ4v) is 7.38. The third-order valence-corrected chi connectivity index (χ3v) is 9.33. The molecule has 5 rings (SSSR count). The molecule has 2 amide bonds. The minimum Gasteiger partial charge on any atom is -0.505 e. The lowest BCUT2D eigenvalue weighted by Gasteiger charge is -2.43. The summed E-state index contributed by atoms with van der Waals surface area (Å²) >= 11 is 0. The average molecular weight is 681 g/mol. The number of imide groups is 1. The van der Waals surface area contributed by atoms with Crippen molar-refractivity contribution in [3.8, 4) is 5.75 Å². The molecule has 0 unspecified atom stereocenters. The van der Waals surface area contributed by atoms with Gasteiger partial charge in [0.15, 0.2) is 11.6 Å². The number of halogens is 7. The molecule has 2 aliphatic heterocycles. The number of aromatic hydroxyl groups is 1. The van der Waals surface area contributed by atoms with Gasteiger partial charge in [-0.15, -0.1) is 0 Å². The van der Waals surface area contributed by atoms with Crippen LogP contribution in [0.4, 0.5) is 36.4 Å². The molecular weight excluding hydrogens is 646 g/mol. The van der Waals surface area contributed by atoms with Crippen LogP contribution in [-0.2, 0) is 26.6 Å². The Kier molecular flexibility index (Phi) is 10.2. The van der Waals surface area contributed by atoms with Crippen molar-refractivity contribution in [3.63, 3.8) is 0 Å². The third-order valence-electron chi connectivity index (χ3n) is 9.33. The second-order valence-electron chi connectivity index (χ2n) is 12.6. The number of anilines is 1. The van der Waals surface area contributed by atoms with Crippen molar-refractivity contribution in [2.24, 2.45) is 17.8 Å². The molecule has 2 saturated heterocycles. The Hall–Kier alpha value is -3.65. The summed E-state index contributed by atoms with van der Waals surface area (Å²) in [6.07, 6.45) is -5.80. The van der Waals surface area contributed by atoms with Crippen LogP contribution in [0.2, 0.25) is 6.32 Å². The van der Waals surface area contributed by atoms with Crippen LogP contribution < -0.4 is 4.90 Å². The van der Waals surface area contributed by atoms with E-state index in [0.29, 0.717) is 54.7 Å². The monoisotopic (exact) mass is 681 g/mol. The summed E-state index contributed by atoms with van der Waals surface area (Å²) in [5.41, 5.74) is -1.03. The Morgan fingerprint density at radius 3 is 2.21 bits per heavy atom. The molecule has 2 N–H and O–H groups in total. The molecule has 1 aliphatic carbocycles. The maximum Gasteiger partial charge on any atom is 0.455 e. The first-order valence-corrected chi connectivity index (χ1v) is 15.9. The van der Waals surface area contributed by atoms with E-state index in [1.165, 1.54) is 12.1 Å². The van der Waals surface area contributed by atoms with Gasteiger partial charge in [-0.05, 0) is 85.8 Å². The van der Waals surface area contributed by atoms with Gasteiger partial charge in [-0.3, -0.25) is 9.59 Å². The molecule has 0 spiro atoms. The van der Waals surface area contributed by atoms with Gasteiger partial charge >= 0.3 is 19.5 Å². The number of nitrogens with zero attached hydrogens (tertiary/aromatic N) is 1. The van der Waals surface area contributed by atoms with Crippen molar-refractivity contribution in [2.75, 3.05) is 4.90 Å². The molecule has 0 saturated carbocycles. The fraction of sp³-hybridized carbons (Fsp3) is 0.471. The van der Waals surface area contributed by atoms with E-state index in [2.05, 4.69) is 0 Å². The molecule has 2 aromatic rings. The summed E-state index contributed by atoms with van der Waals surface area (Å²) in [7, 11) is -1.34. The number of allylic oxidation sites excluding steroid dienone is 2. The maximum atomic E-state index is 14.0. The molecular formula is C34H35BF7NO5. The number of hydrogen-bond acceptors (Lipinski definition) is 5. The van der Waals surface area contributed by atoms with Crippen LogP contribution in [0.3, 0.4) is 0 Å². The van der Waals surface area contributed by atoms with Gasteiger partial charge in [0.25, 0.3) is 0 Å². The van der Waals surface area contributed by atoms with Crippen LogP contribution in [0.5, 0.6) is 5.75 Å². The lowest BCUT2D eigenvalue weighted by molar-refractivity contribution is -0.143. The quantitative estimate of drug-likeness (QED) is 0.120. The molecule has 3 aliphatic rings. The highest BCUT2D eigenvalue weighted by atomic mass is 19.4. The maximum absolute atomic E-state index is 14.0. The Morgan fingerprint density at radius 1 is 0.958 bits per heavy atom. The molecule has 2 fully saturated rings. The Bertz CT molecular complexity index is 1600. The Morgan fingerprint density at radius 2 is 1.62 bits per heavy atom. The molecule has 258 valence electrons. The lowest BCUT2D eigenvalue weighted by Crippen LogP contribution is -2.46. The highest BCUT2D eigenvalue weighted by molar-refractivity contribution is 6.43. The molecule has 4 atom stereocenters. The van der Waals surface area contributed by atoms with Crippen LogP contribution in [-0.4, -0.2) is 35.2 Å². The number of benzene rings is 2. The number of hydrogen-bond donors (Lipinski definition) is 2. The fourth-order valence-electron chi connectivity index (χ4n) is 7.38. The van der Waals surface area contributed by atoms with Gasteiger partial charge in [0.2, 0.25) is 11.8 Å². The Balaban J connectivity index is 1.49. The largest absolute Gasteiger partial charge is 0.505 e. The summed E-state index contributed by atoms with van der Waals surface area (Å²) < 4.78 is 102. The van der Waals surface area contributed by atoms with Crippen LogP contribution in [0, 0.1) is 23.6 Å². The number of phenolic OH excluding ortho intramolecular Hbond substituents is 1. The predicted octanol–water partition coefficient (Wildman–Crippen LogP) is 8.33. The van der Waals surface area contributed by atoms with E-state index in [9.17, 15) is 50.5 Å². The van der Waals surface area contributed by atoms with Crippen molar-refractivity contribution in [3.05, 3.63) is 75.6 Å². The SMILES string of the molecule is CCCC1=C2[C@@H](CC/C(=C/c3ccc(O)c(F)c3)CCC)OB(O)C[C@@H]2[C@@H]2C(=O)N(c3cc(C(F)(F)F)cc(C(F)(F)F)c3)C(=O)[C@@H]2C1. The smallest absolute Gasteiger partial charge is 0.455 e. The normalized spacial score (nSPS) is 23.6. The van der Waals surface area contributed by atoms with Crippen molar-refractivity contribution < 1.29 is 55.1 Å². The highest BCUT2D eigenvalue weighted by Crippen LogP contribution is 2.52. The van der Waals surface area contributed by atoms with Gasteiger partial charge in [0, 0.05) is 0 Å². The van der Waals surface area contributed by atoms with E-state index >= 15 is 0 Å². The van der Waals surface area contributed by atoms with Crippen molar-refractivity contribution in [1.29, 1.82) is 0 Å². The van der Waals surface area contributed by atoms with Crippen LogP contribution in [0.1, 0.15) is 75.5 Å². The van der Waals surface area contributed by atoms with E-state index < -0.39 is 83.5 Å². The zero-order chi connectivity index (χ0) is 35.1. The number of alkyl halides is 6. The standard InChI is InChI=1S/C34H35BF7NO5/c1-3-5-18(11-19-7-9-27(44)26(36)12-19)8-10-28-29-20(6-4-2)13-24-30(25(29)17-35(47)48-28)32(46)43(31(24)45)23-15-21(33(37,38)39)14-22(16-23)34(40,41)42/h7,9,11-12,14-16,24-25,28,30,44,47H,3-6,8,10,13,17H2,1-2H3/b18-11+/t24-,25+,28-,30-/m1/s1. The van der Waals surface area contributed by atoms with Gasteiger partial charge in [-0.2, -0.15) is 26.3 Å². The second-order valence-corrected chi connectivity index (χ2v) is 12.6. The zero-order valence-electron chi connectivity index (χ0n) is 26.3. The molecule has 0 aromatic heterocycles. The van der Waals surface area contributed by atoms with Crippen LogP contribution >= 0.6 is 0 Å². The number of rotatable bonds is 9. The first-order chi connectivity index (χ1) is 22.5. The average Bonchev–Trinajstić information content (AvgIpc) is 3.25. The van der Waals surface area contributed by atoms with Gasteiger partial charge < -0.3 is 14.8 Å². The molecule has 0 radical (unpaired) electrons. The van der Waals surface area contributed by atoms with E-state index in [-0.39, 0.29) is 18.8 Å². The summed E-state index contributed by atoms with van der Waals surface area (Å²) in [4.78, 5) is 28.1. The van der Waals surface area contributed by atoms with E-state index in [1.807, 2.05) is 19.9 Å². The summed E-state index contributed by atoms with van der Waals surface area (Å²) in [6.45, 7) is 3.89. The van der Waals surface area contributed by atoms with Crippen LogP contribution in [0.15, 0.2) is 53.1 Å². The van der Waals surface area contributed by atoms with Crippen molar-refractivity contribution >= 4 is 30.7 Å². The van der Waals surface area contributed by atoms with E-state index in [4.69, 9.17) is 4.65 Å². The van der Waals surface area contributed by atoms with Gasteiger partial charge in [-0.25, -0.2) is 9.29 Å². The van der Waals surface area contributed by atoms with Gasteiger partial charge in [0.1, 0.15) is 0 Å². The zero-order valence-corrected chi connectivity index (χ0v) is 26.3. The Labute approximate surface area is 273 Å². The molecule has 0 bridgehead atoms. The second kappa shape index (κ2) is 13.7. The van der Waals surface area contributed by atoms with Crippen molar-refractivity contribution in [2.45, 2.75) is 83.6 Å². The van der Waals surface area contributed by atoms with Gasteiger partial charge in [-0.1, -0.05) is 50.0 Å². The summed E-state index contributed by atoms with van der Waals surface area (Å²) in [5, 5.41) is 20.4. The van der Waals surface area contributed by atoms with E-state index in [0.717, 1.165) is 23.1 Å². The molecule has 2 aromatic carbocycles. The number of carbonyl (C=O) groups excluding carboxylic acids is 2. The number of carbonyl (C=O) groups is 2. The number of amides is 2. The summed E-state index contributed by atoms with van der Waals surface area (Å²) in [5.74, 6) is -5.89. The lowest BCUT2D eigenvalue weighted by atomic mass is 9.58. The van der Waals surface area contributed by atoms with Crippen molar-refractivity contribution in [1.82, 2.24) is 0 Å².